The van der Waals surface area contributed by atoms with Gasteiger partial charge in [-0.2, -0.15) is 0 Å². The van der Waals surface area contributed by atoms with Crippen LogP contribution in [0.1, 0.15) is 6.92 Å². The third-order valence-electron chi connectivity index (χ3n) is 1.61. The highest BCUT2D eigenvalue weighted by Gasteiger charge is 2.34. The van der Waals surface area contributed by atoms with E-state index >= 15 is 0 Å². The van der Waals surface area contributed by atoms with E-state index in [1.54, 1.807) is 0 Å². The summed E-state index contributed by atoms with van der Waals surface area (Å²) in [6.07, 6.45) is 2.32. The van der Waals surface area contributed by atoms with Crippen LogP contribution in [0.4, 0.5) is 8.78 Å². The first-order valence-electron chi connectivity index (χ1n) is 3.02. The smallest absolute Gasteiger partial charge is 0.143 e. The van der Waals surface area contributed by atoms with E-state index in [4.69, 9.17) is 5.73 Å². The lowest BCUT2D eigenvalue weighted by atomic mass is 9.92. The molecule has 1 nitrogen and oxygen atoms in total. The molecule has 0 spiro atoms. The van der Waals surface area contributed by atoms with E-state index in [-0.39, 0.29) is 0 Å². The second-order valence-corrected chi connectivity index (χ2v) is 2.58. The van der Waals surface area contributed by atoms with E-state index in [0.29, 0.717) is 0 Å². The van der Waals surface area contributed by atoms with Crippen LogP contribution in [0.5, 0.6) is 0 Å². The summed E-state index contributed by atoms with van der Waals surface area (Å²) >= 11 is 0. The molecule has 1 aliphatic carbocycles. The Balaban J connectivity index is 2.93. The van der Waals surface area contributed by atoms with E-state index in [2.05, 4.69) is 0 Å². The van der Waals surface area contributed by atoms with E-state index in [9.17, 15) is 8.78 Å². The van der Waals surface area contributed by atoms with Gasteiger partial charge in [-0.15, -0.1) is 0 Å². The average molecular weight is 145 g/mol. The van der Waals surface area contributed by atoms with Gasteiger partial charge in [-0.25, -0.2) is 8.78 Å². The molecule has 0 aromatic rings. The lowest BCUT2D eigenvalue weighted by Crippen LogP contribution is -2.46. The van der Waals surface area contributed by atoms with Crippen molar-refractivity contribution in [1.29, 1.82) is 0 Å². The Morgan fingerprint density at radius 2 is 2.30 bits per heavy atom. The molecule has 10 heavy (non-hydrogen) atoms. The van der Waals surface area contributed by atoms with Crippen LogP contribution in [0.2, 0.25) is 0 Å². The molecule has 2 unspecified atom stereocenters. The fourth-order valence-electron chi connectivity index (χ4n) is 0.749. The summed E-state index contributed by atoms with van der Waals surface area (Å²) in [4.78, 5) is 0. The first-order chi connectivity index (χ1) is 4.55. The van der Waals surface area contributed by atoms with Crippen LogP contribution in [0, 0.1) is 0 Å². The second-order valence-electron chi connectivity index (χ2n) is 2.58. The molecule has 0 saturated carbocycles. The number of allylic oxidation sites excluding steroid dienone is 2. The largest absolute Gasteiger partial charge is 0.317 e. The van der Waals surface area contributed by atoms with Gasteiger partial charge < -0.3 is 5.73 Å². The van der Waals surface area contributed by atoms with Crippen molar-refractivity contribution in [1.82, 2.24) is 0 Å². The average Bonchev–Trinajstić information content (AvgIpc) is 1.84. The maximum Gasteiger partial charge on any atom is 0.143 e. The van der Waals surface area contributed by atoms with Crippen molar-refractivity contribution in [3.63, 3.8) is 0 Å². The zero-order valence-electron chi connectivity index (χ0n) is 5.64. The normalized spacial score (nSPS) is 39.6. The molecule has 0 aromatic carbocycles. The maximum atomic E-state index is 12.7. The molecule has 0 saturated heterocycles. The zero-order chi connectivity index (χ0) is 7.78. The molecule has 1 rings (SSSR count). The Morgan fingerprint density at radius 1 is 1.70 bits per heavy atom. The summed E-state index contributed by atoms with van der Waals surface area (Å²) in [7, 11) is 0. The van der Waals surface area contributed by atoms with E-state index in [1.807, 2.05) is 0 Å². The third-order valence-corrected chi connectivity index (χ3v) is 1.61. The summed E-state index contributed by atoms with van der Waals surface area (Å²) in [5.41, 5.74) is 3.83. The van der Waals surface area contributed by atoms with Crippen molar-refractivity contribution < 1.29 is 8.78 Å². The van der Waals surface area contributed by atoms with Crippen molar-refractivity contribution in [2.45, 2.75) is 18.6 Å². The number of hydrogen-bond donors (Lipinski definition) is 1. The standard InChI is InChI=1S/C7H9F2N/c1-7(10)5(8)3-2-4-6(7)9/h2-5H,10H2,1H3. The van der Waals surface area contributed by atoms with Gasteiger partial charge in [0.25, 0.3) is 0 Å². The second kappa shape index (κ2) is 2.16. The van der Waals surface area contributed by atoms with Crippen LogP contribution in [0.25, 0.3) is 0 Å². The summed E-state index contributed by atoms with van der Waals surface area (Å²) < 4.78 is 25.4. The quantitative estimate of drug-likeness (QED) is 0.548. The lowest BCUT2D eigenvalue weighted by Gasteiger charge is -2.26. The topological polar surface area (TPSA) is 26.0 Å². The zero-order valence-corrected chi connectivity index (χ0v) is 5.64. The molecule has 0 aliphatic heterocycles. The Labute approximate surface area is 58.2 Å². The number of halogens is 2. The van der Waals surface area contributed by atoms with Gasteiger partial charge in [-0.1, -0.05) is 6.08 Å². The predicted molar refractivity (Wildman–Crippen MR) is 35.8 cm³/mol. The number of hydrogen-bond acceptors (Lipinski definition) is 1. The van der Waals surface area contributed by atoms with Crippen LogP contribution >= 0.6 is 0 Å². The van der Waals surface area contributed by atoms with E-state index in [1.165, 1.54) is 25.2 Å². The minimum Gasteiger partial charge on any atom is -0.317 e. The lowest BCUT2D eigenvalue weighted by molar-refractivity contribution is 0.250. The van der Waals surface area contributed by atoms with Crippen molar-refractivity contribution in [2.75, 3.05) is 0 Å². The monoisotopic (exact) mass is 145 g/mol. The van der Waals surface area contributed by atoms with E-state index in [0.717, 1.165) is 0 Å². The van der Waals surface area contributed by atoms with Gasteiger partial charge in [0.05, 0.1) is 0 Å². The maximum absolute atomic E-state index is 12.7. The van der Waals surface area contributed by atoms with Crippen molar-refractivity contribution in [2.24, 2.45) is 5.73 Å². The van der Waals surface area contributed by atoms with Gasteiger partial charge >= 0.3 is 0 Å². The molecule has 0 fully saturated rings. The van der Waals surface area contributed by atoms with Crippen LogP contribution in [0.3, 0.4) is 0 Å². The minimum absolute atomic E-state index is 0.609. The molecular formula is C7H9F2N. The van der Waals surface area contributed by atoms with Gasteiger partial charge in [-0.05, 0) is 19.1 Å². The molecule has 0 heterocycles. The predicted octanol–water partition coefficient (Wildman–Crippen LogP) is 1.47. The molecular weight excluding hydrogens is 136 g/mol. The van der Waals surface area contributed by atoms with Gasteiger partial charge in [0.15, 0.2) is 0 Å². The number of alkyl halides is 1. The first kappa shape index (κ1) is 7.41. The molecule has 0 radical (unpaired) electrons. The van der Waals surface area contributed by atoms with Crippen LogP contribution < -0.4 is 5.73 Å². The summed E-state index contributed by atoms with van der Waals surface area (Å²) in [6.45, 7) is 1.33. The van der Waals surface area contributed by atoms with Crippen LogP contribution in [-0.4, -0.2) is 11.7 Å². The van der Waals surface area contributed by atoms with Crippen LogP contribution in [-0.2, 0) is 0 Å². The first-order valence-corrected chi connectivity index (χ1v) is 3.02. The molecule has 1 aliphatic rings. The Kier molecular flexibility index (Phi) is 1.60. The van der Waals surface area contributed by atoms with Gasteiger partial charge in [-0.3, -0.25) is 0 Å². The van der Waals surface area contributed by atoms with Gasteiger partial charge in [0, 0.05) is 0 Å². The number of rotatable bonds is 0. The molecule has 0 aromatic heterocycles. The Bertz CT molecular complexity index is 194. The molecule has 2 atom stereocenters. The fraction of sp³-hybridized carbons (Fsp3) is 0.429. The van der Waals surface area contributed by atoms with Crippen LogP contribution in [0.15, 0.2) is 24.1 Å². The Morgan fingerprint density at radius 3 is 2.70 bits per heavy atom. The van der Waals surface area contributed by atoms with Crippen molar-refractivity contribution in [3.8, 4) is 0 Å². The summed E-state index contributed by atoms with van der Waals surface area (Å²) in [6, 6.07) is 0. The minimum atomic E-state index is -1.46. The number of nitrogens with two attached hydrogens (primary N) is 1. The molecule has 3 heteroatoms. The highest BCUT2D eigenvalue weighted by atomic mass is 19.1. The molecule has 56 valence electrons. The molecule has 0 amide bonds. The van der Waals surface area contributed by atoms with Gasteiger partial charge in [0.2, 0.25) is 0 Å². The highest BCUT2D eigenvalue weighted by molar-refractivity contribution is 5.28. The molecule has 2 N–H and O–H groups in total. The molecule has 0 bridgehead atoms. The van der Waals surface area contributed by atoms with Gasteiger partial charge in [0.1, 0.15) is 17.5 Å². The van der Waals surface area contributed by atoms with Crippen molar-refractivity contribution in [3.05, 3.63) is 24.1 Å². The fourth-order valence-corrected chi connectivity index (χ4v) is 0.749. The van der Waals surface area contributed by atoms with Crippen molar-refractivity contribution >= 4 is 0 Å². The summed E-state index contributed by atoms with van der Waals surface area (Å²) in [5, 5.41) is 0. The SMILES string of the molecule is CC1(N)C(F)=CC=CC1F. The highest BCUT2D eigenvalue weighted by Crippen LogP contribution is 2.25. The van der Waals surface area contributed by atoms with E-state index < -0.39 is 17.5 Å². The third kappa shape index (κ3) is 0.968. The Hall–Kier alpha value is -0.700. The summed E-state index contributed by atoms with van der Waals surface area (Å²) in [5.74, 6) is -0.609.